The van der Waals surface area contributed by atoms with Crippen molar-refractivity contribution in [2.75, 3.05) is 11.1 Å². The minimum atomic E-state index is -0.312. The molecule has 0 bridgehead atoms. The fraction of sp³-hybridized carbons (Fsp3) is 0.304. The number of allylic oxidation sites excluding steroid dienone is 1. The summed E-state index contributed by atoms with van der Waals surface area (Å²) in [5.41, 5.74) is 1.75. The molecule has 0 fully saturated rings. The molecule has 3 aromatic rings. The molecule has 9 heteroatoms. The molecule has 0 saturated heterocycles. The molecule has 0 spiro atoms. The summed E-state index contributed by atoms with van der Waals surface area (Å²) < 4.78 is 1.58. The van der Waals surface area contributed by atoms with Crippen molar-refractivity contribution in [1.29, 1.82) is 5.26 Å². The lowest BCUT2D eigenvalue weighted by atomic mass is 9.89. The molecule has 1 N–H and O–H groups in total. The summed E-state index contributed by atoms with van der Waals surface area (Å²) >= 11 is 8.77. The zero-order valence-corrected chi connectivity index (χ0v) is 19.9. The average Bonchev–Trinajstić information content (AvgIpc) is 3.12. The number of thioether (sulfide) groups is 1. The van der Waals surface area contributed by atoms with E-state index >= 15 is 0 Å². The van der Waals surface area contributed by atoms with Crippen LogP contribution in [-0.4, -0.2) is 21.2 Å². The number of hydrogen-bond acceptors (Lipinski definition) is 6. The summed E-state index contributed by atoms with van der Waals surface area (Å²) in [5, 5.41) is 13.6. The van der Waals surface area contributed by atoms with E-state index in [1.807, 2.05) is 6.07 Å². The topological polar surface area (TPSA) is 87.8 Å². The maximum Gasteiger partial charge on any atom is 0.263 e. The molecule has 1 atom stereocenters. The molecular weight excluding hydrogens is 464 g/mol. The van der Waals surface area contributed by atoms with Crippen LogP contribution in [0.2, 0.25) is 5.02 Å². The molecule has 164 valence electrons. The number of halogens is 1. The summed E-state index contributed by atoms with van der Waals surface area (Å²) in [7, 11) is 0. The molecule has 1 aliphatic rings. The monoisotopic (exact) mass is 484 g/mol. The zero-order valence-electron chi connectivity index (χ0n) is 17.5. The highest BCUT2D eigenvalue weighted by Crippen LogP contribution is 2.36. The van der Waals surface area contributed by atoms with E-state index in [0.717, 1.165) is 29.7 Å². The lowest BCUT2D eigenvalue weighted by Gasteiger charge is -2.17. The molecule has 0 aliphatic heterocycles. The van der Waals surface area contributed by atoms with Crippen LogP contribution in [0.15, 0.2) is 40.8 Å². The molecule has 2 aromatic heterocycles. The zero-order chi connectivity index (χ0) is 22.8. The number of amides is 1. The number of hydrogen-bond donors (Lipinski definition) is 1. The fourth-order valence-corrected chi connectivity index (χ4v) is 6.24. The van der Waals surface area contributed by atoms with Crippen LogP contribution in [0.25, 0.3) is 10.2 Å². The number of rotatable bonds is 6. The summed E-state index contributed by atoms with van der Waals surface area (Å²) in [4.78, 5) is 32.6. The van der Waals surface area contributed by atoms with Gasteiger partial charge in [0.2, 0.25) is 5.91 Å². The predicted octanol–water partition coefficient (Wildman–Crippen LogP) is 5.02. The molecule has 4 rings (SSSR count). The Balaban J connectivity index is 1.61. The second kappa shape index (κ2) is 9.49. The number of anilines is 1. The Morgan fingerprint density at radius 2 is 2.34 bits per heavy atom. The minimum absolute atomic E-state index is 0.0363. The molecule has 1 unspecified atom stereocenters. The van der Waals surface area contributed by atoms with Gasteiger partial charge in [0.1, 0.15) is 10.9 Å². The highest BCUT2D eigenvalue weighted by molar-refractivity contribution is 7.99. The van der Waals surface area contributed by atoms with E-state index in [1.165, 1.54) is 22.7 Å². The number of nitrogens with one attached hydrogen (secondary N) is 1. The van der Waals surface area contributed by atoms with E-state index in [1.54, 1.807) is 34.1 Å². The van der Waals surface area contributed by atoms with Crippen molar-refractivity contribution in [2.24, 2.45) is 5.92 Å². The summed E-state index contributed by atoms with van der Waals surface area (Å²) in [6.45, 7) is 6.31. The number of nitriles is 1. The van der Waals surface area contributed by atoms with Crippen LogP contribution in [0, 0.1) is 17.2 Å². The quantitative estimate of drug-likeness (QED) is 0.301. The number of nitrogens with zero attached hydrogens (tertiary/aromatic N) is 3. The molecular formula is C23H21ClN4O2S2. The van der Waals surface area contributed by atoms with Crippen molar-refractivity contribution in [2.45, 2.75) is 37.9 Å². The van der Waals surface area contributed by atoms with Crippen LogP contribution >= 0.6 is 34.7 Å². The number of aryl methyl sites for hydroxylation is 1. The van der Waals surface area contributed by atoms with E-state index in [-0.39, 0.29) is 17.2 Å². The van der Waals surface area contributed by atoms with Crippen molar-refractivity contribution in [1.82, 2.24) is 9.55 Å². The number of carbonyl (C=O) groups excluding carboxylic acids is 1. The van der Waals surface area contributed by atoms with E-state index in [0.29, 0.717) is 39.3 Å². The predicted molar refractivity (Wildman–Crippen MR) is 131 cm³/mol. The van der Waals surface area contributed by atoms with E-state index in [2.05, 4.69) is 18.8 Å². The van der Waals surface area contributed by atoms with Gasteiger partial charge in [-0.3, -0.25) is 14.2 Å². The van der Waals surface area contributed by atoms with Crippen molar-refractivity contribution in [3.63, 3.8) is 0 Å². The Kier molecular flexibility index (Phi) is 6.70. The minimum Gasteiger partial charge on any atom is -0.324 e. The number of benzene rings is 1. The molecule has 32 heavy (non-hydrogen) atoms. The Labute approximate surface area is 198 Å². The van der Waals surface area contributed by atoms with Crippen LogP contribution in [0.5, 0.6) is 0 Å². The first-order valence-corrected chi connectivity index (χ1v) is 12.4. The second-order valence-electron chi connectivity index (χ2n) is 7.77. The Morgan fingerprint density at radius 3 is 3.09 bits per heavy atom. The number of aromatic nitrogens is 2. The lowest BCUT2D eigenvalue weighted by Crippen LogP contribution is -2.24. The summed E-state index contributed by atoms with van der Waals surface area (Å²) in [6.07, 6.45) is 4.61. The van der Waals surface area contributed by atoms with Gasteiger partial charge in [-0.1, -0.05) is 36.4 Å². The number of carbonyl (C=O) groups is 1. The Bertz CT molecular complexity index is 1320. The van der Waals surface area contributed by atoms with E-state index in [9.17, 15) is 14.9 Å². The largest absolute Gasteiger partial charge is 0.324 e. The van der Waals surface area contributed by atoms with Gasteiger partial charge in [-0.2, -0.15) is 5.26 Å². The van der Waals surface area contributed by atoms with Gasteiger partial charge in [-0.25, -0.2) is 4.98 Å². The Hall–Kier alpha value is -2.60. The van der Waals surface area contributed by atoms with Gasteiger partial charge in [-0.05, 0) is 48.9 Å². The van der Waals surface area contributed by atoms with Gasteiger partial charge in [-0.15, -0.1) is 17.9 Å². The maximum absolute atomic E-state index is 13.3. The van der Waals surface area contributed by atoms with Gasteiger partial charge < -0.3 is 5.32 Å². The fourth-order valence-electron chi connectivity index (χ4n) is 3.84. The highest BCUT2D eigenvalue weighted by Gasteiger charge is 2.24. The first-order chi connectivity index (χ1) is 15.4. The van der Waals surface area contributed by atoms with Crippen LogP contribution in [-0.2, 0) is 24.2 Å². The van der Waals surface area contributed by atoms with Gasteiger partial charge in [0.25, 0.3) is 5.56 Å². The first-order valence-electron chi connectivity index (χ1n) is 10.2. The van der Waals surface area contributed by atoms with Crippen molar-refractivity contribution < 1.29 is 4.79 Å². The molecule has 6 nitrogen and oxygen atoms in total. The van der Waals surface area contributed by atoms with Crippen LogP contribution in [0.1, 0.15) is 29.3 Å². The third kappa shape index (κ3) is 4.46. The summed E-state index contributed by atoms with van der Waals surface area (Å²) in [5.74, 6) is 0.329. The molecule has 1 aromatic carbocycles. The van der Waals surface area contributed by atoms with Crippen molar-refractivity contribution in [3.8, 4) is 6.07 Å². The molecule has 1 aliphatic carbocycles. The molecule has 2 heterocycles. The molecule has 0 saturated carbocycles. The maximum atomic E-state index is 13.3. The van der Waals surface area contributed by atoms with Gasteiger partial charge in [0.15, 0.2) is 5.16 Å². The van der Waals surface area contributed by atoms with Gasteiger partial charge >= 0.3 is 0 Å². The average molecular weight is 485 g/mol. The lowest BCUT2D eigenvalue weighted by molar-refractivity contribution is -0.113. The van der Waals surface area contributed by atoms with Gasteiger partial charge in [0.05, 0.1) is 22.4 Å². The van der Waals surface area contributed by atoms with Crippen molar-refractivity contribution in [3.05, 3.63) is 62.2 Å². The van der Waals surface area contributed by atoms with Crippen LogP contribution in [0.3, 0.4) is 0 Å². The molecule has 1 amide bonds. The normalized spacial score (nSPS) is 15.2. The SMILES string of the molecule is C=CCn1c(SCC(=O)Nc2cc(Cl)ccc2C#N)nc2sc3c(c2c1=O)CCC(C)C3. The van der Waals surface area contributed by atoms with Gasteiger partial charge in [0, 0.05) is 16.4 Å². The Morgan fingerprint density at radius 1 is 1.53 bits per heavy atom. The van der Waals surface area contributed by atoms with Crippen LogP contribution in [0.4, 0.5) is 5.69 Å². The molecule has 0 radical (unpaired) electrons. The standard InChI is InChI=1S/C23H21ClN4O2S2/c1-3-8-28-22(30)20-16-7-4-13(2)9-18(16)32-21(20)27-23(28)31-12-19(29)26-17-10-15(24)6-5-14(17)11-25/h3,5-6,10,13H,1,4,7-9,12H2,2H3,(H,26,29). The first kappa shape index (κ1) is 22.6. The van der Waals surface area contributed by atoms with Crippen LogP contribution < -0.4 is 10.9 Å². The van der Waals surface area contributed by atoms with E-state index < -0.39 is 0 Å². The second-order valence-corrected chi connectivity index (χ2v) is 10.2. The number of fused-ring (bicyclic) bond motifs is 3. The smallest absolute Gasteiger partial charge is 0.263 e. The van der Waals surface area contributed by atoms with E-state index in [4.69, 9.17) is 16.6 Å². The van der Waals surface area contributed by atoms with Crippen molar-refractivity contribution >= 4 is 56.5 Å². The highest BCUT2D eigenvalue weighted by atomic mass is 35.5. The third-order valence-electron chi connectivity index (χ3n) is 5.40. The summed E-state index contributed by atoms with van der Waals surface area (Å²) in [6, 6.07) is 6.73. The number of thiophene rings is 1. The third-order valence-corrected chi connectivity index (χ3v) is 7.76.